The molecule has 164 valence electrons. The number of anilines is 1. The quantitative estimate of drug-likeness (QED) is 0.242. The third-order valence-corrected chi connectivity index (χ3v) is 6.97. The van der Waals surface area contributed by atoms with E-state index in [2.05, 4.69) is 0 Å². The van der Waals surface area contributed by atoms with Gasteiger partial charge in [0.2, 0.25) is 11.8 Å². The Kier molecular flexibility index (Phi) is 4.93. The molecule has 0 N–H and O–H groups in total. The van der Waals surface area contributed by atoms with Crippen LogP contribution < -0.4 is 4.90 Å². The maximum absolute atomic E-state index is 14.0. The number of non-ortho nitro benzene ring substituents is 1. The highest BCUT2D eigenvalue weighted by molar-refractivity contribution is 6.24. The standard InChI is InChI=1S/C27H22N2O4/c1-27-23(19-10-6-3-7-11-19)17-16-22(18-8-4-2-5-9-18)24(27)25(30)28(26(27)31)20-12-14-21(15-13-20)29(32)33/h2-17,22-24H,1H3/t22-,23-,24-,27+/m1/s1. The Morgan fingerprint density at radius 1 is 0.818 bits per heavy atom. The lowest BCUT2D eigenvalue weighted by molar-refractivity contribution is -0.384. The lowest BCUT2D eigenvalue weighted by atomic mass is 9.58. The van der Waals surface area contributed by atoms with Gasteiger partial charge in [-0.2, -0.15) is 0 Å². The number of benzene rings is 3. The van der Waals surface area contributed by atoms with Gasteiger partial charge in [0.15, 0.2) is 0 Å². The molecule has 1 heterocycles. The first-order valence-corrected chi connectivity index (χ1v) is 10.8. The monoisotopic (exact) mass is 438 g/mol. The minimum Gasteiger partial charge on any atom is -0.274 e. The molecule has 3 aromatic rings. The van der Waals surface area contributed by atoms with Gasteiger partial charge in [0.25, 0.3) is 5.69 Å². The summed E-state index contributed by atoms with van der Waals surface area (Å²) in [7, 11) is 0. The summed E-state index contributed by atoms with van der Waals surface area (Å²) in [6, 6.07) is 25.1. The second kappa shape index (κ2) is 7.81. The number of amides is 2. The van der Waals surface area contributed by atoms with Gasteiger partial charge >= 0.3 is 0 Å². The Labute approximate surface area is 191 Å². The number of fused-ring (bicyclic) bond motifs is 1. The van der Waals surface area contributed by atoms with Crippen molar-refractivity contribution < 1.29 is 14.5 Å². The Bertz CT molecular complexity index is 1250. The largest absolute Gasteiger partial charge is 0.274 e. The van der Waals surface area contributed by atoms with Crippen LogP contribution in [-0.4, -0.2) is 16.7 Å². The molecule has 33 heavy (non-hydrogen) atoms. The number of allylic oxidation sites excluding steroid dienone is 2. The van der Waals surface area contributed by atoms with Gasteiger partial charge in [-0.1, -0.05) is 72.8 Å². The fourth-order valence-corrected chi connectivity index (χ4v) is 5.33. The van der Waals surface area contributed by atoms with E-state index in [-0.39, 0.29) is 29.3 Å². The Hall–Kier alpha value is -4.06. The van der Waals surface area contributed by atoms with Crippen LogP contribution in [0.25, 0.3) is 0 Å². The molecule has 5 rings (SSSR count). The Balaban J connectivity index is 1.65. The molecule has 0 aromatic heterocycles. The SMILES string of the molecule is C[C@@]12C(=O)N(c3ccc([N+](=O)[O-])cc3)C(=O)[C@H]1[C@@H](c1ccccc1)C=C[C@@H]2c1ccccc1. The number of hydrogen-bond donors (Lipinski definition) is 0. The smallest absolute Gasteiger partial charge is 0.269 e. The summed E-state index contributed by atoms with van der Waals surface area (Å²) in [6.45, 7) is 1.88. The van der Waals surface area contributed by atoms with Gasteiger partial charge in [0.05, 0.1) is 21.9 Å². The second-order valence-corrected chi connectivity index (χ2v) is 8.72. The van der Waals surface area contributed by atoms with Crippen molar-refractivity contribution in [3.8, 4) is 0 Å². The van der Waals surface area contributed by atoms with Gasteiger partial charge in [-0.25, -0.2) is 4.90 Å². The van der Waals surface area contributed by atoms with Crippen LogP contribution in [0.1, 0.15) is 29.9 Å². The zero-order chi connectivity index (χ0) is 23.2. The first-order valence-electron chi connectivity index (χ1n) is 10.8. The summed E-state index contributed by atoms with van der Waals surface area (Å²) in [5.41, 5.74) is 1.20. The van der Waals surface area contributed by atoms with Crippen LogP contribution in [0.15, 0.2) is 97.1 Å². The second-order valence-electron chi connectivity index (χ2n) is 8.72. The van der Waals surface area contributed by atoms with Crippen molar-refractivity contribution in [2.75, 3.05) is 4.90 Å². The van der Waals surface area contributed by atoms with Crippen LogP contribution in [0, 0.1) is 21.4 Å². The van der Waals surface area contributed by atoms with Crippen molar-refractivity contribution in [3.63, 3.8) is 0 Å². The first kappa shape index (κ1) is 20.8. The maximum Gasteiger partial charge on any atom is 0.269 e. The third kappa shape index (κ3) is 3.18. The van der Waals surface area contributed by atoms with E-state index in [0.717, 1.165) is 11.1 Å². The Morgan fingerprint density at radius 2 is 1.39 bits per heavy atom. The summed E-state index contributed by atoms with van der Waals surface area (Å²) in [5.74, 6) is -1.70. The van der Waals surface area contributed by atoms with Crippen molar-refractivity contribution in [1.29, 1.82) is 0 Å². The van der Waals surface area contributed by atoms with Crippen LogP contribution in [0.4, 0.5) is 11.4 Å². The molecular weight excluding hydrogens is 416 g/mol. The fourth-order valence-electron chi connectivity index (χ4n) is 5.33. The molecule has 0 spiro atoms. The van der Waals surface area contributed by atoms with Crippen LogP contribution >= 0.6 is 0 Å². The van der Waals surface area contributed by atoms with Crippen molar-refractivity contribution in [1.82, 2.24) is 0 Å². The van der Waals surface area contributed by atoms with E-state index >= 15 is 0 Å². The van der Waals surface area contributed by atoms with Crippen molar-refractivity contribution in [2.24, 2.45) is 11.3 Å². The summed E-state index contributed by atoms with van der Waals surface area (Å²) in [5, 5.41) is 11.1. The maximum atomic E-state index is 14.0. The number of nitro groups is 1. The highest BCUT2D eigenvalue weighted by Crippen LogP contribution is 2.57. The van der Waals surface area contributed by atoms with Gasteiger partial charge in [-0.05, 0) is 30.2 Å². The van der Waals surface area contributed by atoms with E-state index in [9.17, 15) is 19.7 Å². The van der Waals surface area contributed by atoms with Crippen LogP contribution in [0.2, 0.25) is 0 Å². The van der Waals surface area contributed by atoms with E-state index < -0.39 is 16.3 Å². The summed E-state index contributed by atoms with van der Waals surface area (Å²) in [4.78, 5) is 39.6. The third-order valence-electron chi connectivity index (χ3n) is 6.97. The summed E-state index contributed by atoms with van der Waals surface area (Å²) in [6.07, 6.45) is 4.10. The summed E-state index contributed by atoms with van der Waals surface area (Å²) < 4.78 is 0. The average molecular weight is 438 g/mol. The predicted octanol–water partition coefficient (Wildman–Crippen LogP) is 5.23. The number of imide groups is 1. The molecule has 2 aliphatic rings. The highest BCUT2D eigenvalue weighted by Gasteiger charge is 2.63. The van der Waals surface area contributed by atoms with E-state index in [4.69, 9.17) is 0 Å². The van der Waals surface area contributed by atoms with Crippen molar-refractivity contribution in [3.05, 3.63) is 118 Å². The van der Waals surface area contributed by atoms with Crippen LogP contribution in [-0.2, 0) is 9.59 Å². The zero-order valence-corrected chi connectivity index (χ0v) is 18.0. The van der Waals surface area contributed by atoms with E-state index in [1.54, 1.807) is 0 Å². The molecule has 0 radical (unpaired) electrons. The normalized spacial score (nSPS) is 26.3. The molecule has 4 atom stereocenters. The van der Waals surface area contributed by atoms with Gasteiger partial charge in [0.1, 0.15) is 0 Å². The van der Waals surface area contributed by atoms with Gasteiger partial charge in [0, 0.05) is 24.0 Å². The van der Waals surface area contributed by atoms with Crippen molar-refractivity contribution >= 4 is 23.2 Å². The van der Waals surface area contributed by atoms with E-state index in [0.29, 0.717) is 5.69 Å². The molecule has 1 saturated heterocycles. The molecule has 6 nitrogen and oxygen atoms in total. The van der Waals surface area contributed by atoms with Crippen LogP contribution in [0.5, 0.6) is 0 Å². The average Bonchev–Trinajstić information content (AvgIpc) is 3.05. The minimum absolute atomic E-state index is 0.0903. The van der Waals surface area contributed by atoms with Gasteiger partial charge < -0.3 is 0 Å². The van der Waals surface area contributed by atoms with Gasteiger partial charge in [-0.15, -0.1) is 0 Å². The molecule has 0 saturated carbocycles. The Morgan fingerprint density at radius 3 is 1.97 bits per heavy atom. The molecular formula is C27H22N2O4. The molecule has 0 unspecified atom stereocenters. The van der Waals surface area contributed by atoms with E-state index in [1.807, 2.05) is 79.7 Å². The fraction of sp³-hybridized carbons (Fsp3) is 0.185. The highest BCUT2D eigenvalue weighted by atomic mass is 16.6. The van der Waals surface area contributed by atoms with Crippen LogP contribution in [0.3, 0.4) is 0 Å². The first-order chi connectivity index (χ1) is 15.9. The minimum atomic E-state index is -1.00. The number of rotatable bonds is 4. The number of carbonyl (C=O) groups is 2. The zero-order valence-electron chi connectivity index (χ0n) is 18.0. The lowest BCUT2D eigenvalue weighted by Gasteiger charge is -2.41. The summed E-state index contributed by atoms with van der Waals surface area (Å²) >= 11 is 0. The molecule has 0 bridgehead atoms. The van der Waals surface area contributed by atoms with Crippen molar-refractivity contribution in [2.45, 2.75) is 18.8 Å². The van der Waals surface area contributed by atoms with E-state index in [1.165, 1.54) is 29.2 Å². The number of nitro benzene ring substituents is 1. The lowest BCUT2D eigenvalue weighted by Crippen LogP contribution is -2.42. The molecule has 1 fully saturated rings. The molecule has 6 heteroatoms. The predicted molar refractivity (Wildman–Crippen MR) is 125 cm³/mol. The number of nitrogens with zero attached hydrogens (tertiary/aromatic N) is 2. The molecule has 3 aromatic carbocycles. The molecule has 1 aliphatic carbocycles. The number of carbonyl (C=O) groups excluding carboxylic acids is 2. The molecule has 2 amide bonds. The van der Waals surface area contributed by atoms with Gasteiger partial charge in [-0.3, -0.25) is 19.7 Å². The number of hydrogen-bond acceptors (Lipinski definition) is 4. The topological polar surface area (TPSA) is 80.5 Å². The molecule has 1 aliphatic heterocycles.